The number of carbonyl (C=O) groups excluding carboxylic acids is 1. The summed E-state index contributed by atoms with van der Waals surface area (Å²) >= 11 is 0. The minimum absolute atomic E-state index is 0.122. The third-order valence-corrected chi connectivity index (χ3v) is 4.59. The number of hydrogen-bond donors (Lipinski definition) is 1. The number of nitrogens with zero attached hydrogens (tertiary/aromatic N) is 2. The number of aromatic nitrogens is 1. The predicted octanol–water partition coefficient (Wildman–Crippen LogP) is 4.07. The van der Waals surface area contributed by atoms with Crippen molar-refractivity contribution in [2.45, 2.75) is 45.8 Å². The Morgan fingerprint density at radius 3 is 2.31 bits per heavy atom. The molecular weight excluding hydrogens is 326 g/mol. The van der Waals surface area contributed by atoms with Crippen molar-refractivity contribution < 1.29 is 9.53 Å². The number of carbonyl (C=O) groups is 1. The fraction of sp³-hybridized carbons (Fsp3) is 0.429. The average Bonchev–Trinajstić information content (AvgIpc) is 2.61. The van der Waals surface area contributed by atoms with Crippen LogP contribution in [0.25, 0.3) is 0 Å². The number of pyridine rings is 1. The summed E-state index contributed by atoms with van der Waals surface area (Å²) in [6.45, 7) is 10.1. The van der Waals surface area contributed by atoms with Crippen LogP contribution in [0.15, 0.2) is 42.6 Å². The van der Waals surface area contributed by atoms with Gasteiger partial charge in [0.1, 0.15) is 5.82 Å². The van der Waals surface area contributed by atoms with Crippen molar-refractivity contribution in [1.82, 2.24) is 4.98 Å². The maximum atomic E-state index is 12.4. The molecule has 1 aliphatic rings. The van der Waals surface area contributed by atoms with Gasteiger partial charge in [0.2, 0.25) is 0 Å². The number of ether oxygens (including phenoxy) is 1. The van der Waals surface area contributed by atoms with E-state index in [1.54, 1.807) is 6.20 Å². The van der Waals surface area contributed by atoms with E-state index in [2.05, 4.69) is 42.9 Å². The van der Waals surface area contributed by atoms with Crippen molar-refractivity contribution >= 4 is 17.4 Å². The van der Waals surface area contributed by atoms with Gasteiger partial charge in [0.15, 0.2) is 0 Å². The Morgan fingerprint density at radius 2 is 1.77 bits per heavy atom. The lowest BCUT2D eigenvalue weighted by Gasteiger charge is -2.36. The highest BCUT2D eigenvalue weighted by Crippen LogP contribution is 2.20. The third kappa shape index (κ3) is 4.41. The van der Waals surface area contributed by atoms with Gasteiger partial charge in [0.25, 0.3) is 5.91 Å². The first-order chi connectivity index (χ1) is 12.4. The minimum atomic E-state index is -0.122. The molecule has 0 spiro atoms. The van der Waals surface area contributed by atoms with Crippen molar-refractivity contribution in [2.75, 3.05) is 23.3 Å². The Balaban J connectivity index is 1.64. The second kappa shape index (κ2) is 7.87. The standard InChI is InChI=1S/C21H27N3O2/c1-14(2)17-5-7-18(8-6-17)21(25)23-19-9-10-20(22-11-19)24-12-15(3)26-16(4)13-24/h5-11,14-16H,12-13H2,1-4H3,(H,23,25). The zero-order valence-electron chi connectivity index (χ0n) is 15.9. The van der Waals surface area contributed by atoms with Gasteiger partial charge < -0.3 is 15.0 Å². The molecule has 0 saturated carbocycles. The quantitative estimate of drug-likeness (QED) is 0.900. The molecular formula is C21H27N3O2. The number of hydrogen-bond acceptors (Lipinski definition) is 4. The number of morpholine rings is 1. The fourth-order valence-corrected chi connectivity index (χ4v) is 3.23. The first-order valence-electron chi connectivity index (χ1n) is 9.20. The average molecular weight is 353 g/mol. The van der Waals surface area contributed by atoms with E-state index < -0.39 is 0 Å². The van der Waals surface area contributed by atoms with Crippen molar-refractivity contribution in [1.29, 1.82) is 0 Å². The number of nitrogens with one attached hydrogen (secondary N) is 1. The van der Waals surface area contributed by atoms with Gasteiger partial charge in [-0.25, -0.2) is 4.98 Å². The van der Waals surface area contributed by atoms with Gasteiger partial charge in [0, 0.05) is 18.7 Å². The van der Waals surface area contributed by atoms with Gasteiger partial charge in [0.05, 0.1) is 24.1 Å². The highest BCUT2D eigenvalue weighted by Gasteiger charge is 2.23. The monoisotopic (exact) mass is 353 g/mol. The predicted molar refractivity (Wildman–Crippen MR) is 105 cm³/mol. The molecule has 1 aliphatic heterocycles. The van der Waals surface area contributed by atoms with Crippen LogP contribution in [0.3, 0.4) is 0 Å². The van der Waals surface area contributed by atoms with Gasteiger partial charge >= 0.3 is 0 Å². The van der Waals surface area contributed by atoms with Crippen LogP contribution in [0.4, 0.5) is 11.5 Å². The molecule has 2 aromatic rings. The molecule has 0 radical (unpaired) electrons. The molecule has 1 amide bonds. The second-order valence-electron chi connectivity index (χ2n) is 7.30. The van der Waals surface area contributed by atoms with Crippen LogP contribution >= 0.6 is 0 Å². The maximum absolute atomic E-state index is 12.4. The van der Waals surface area contributed by atoms with Gasteiger partial charge in [-0.05, 0) is 49.6 Å². The van der Waals surface area contributed by atoms with Crippen LogP contribution in [-0.2, 0) is 4.74 Å². The third-order valence-electron chi connectivity index (χ3n) is 4.59. The van der Waals surface area contributed by atoms with Crippen LogP contribution < -0.4 is 10.2 Å². The van der Waals surface area contributed by atoms with Crippen LogP contribution in [0.2, 0.25) is 0 Å². The molecule has 5 heteroatoms. The summed E-state index contributed by atoms with van der Waals surface area (Å²) < 4.78 is 5.76. The Hall–Kier alpha value is -2.40. The summed E-state index contributed by atoms with van der Waals surface area (Å²) in [6, 6.07) is 11.6. The SMILES string of the molecule is CC1CN(c2ccc(NC(=O)c3ccc(C(C)C)cc3)cn2)CC(C)O1. The van der Waals surface area contributed by atoms with Crippen molar-refractivity contribution in [3.05, 3.63) is 53.7 Å². The lowest BCUT2D eigenvalue weighted by Crippen LogP contribution is -2.45. The first-order valence-corrected chi connectivity index (χ1v) is 9.20. The lowest BCUT2D eigenvalue weighted by molar-refractivity contribution is -0.00545. The molecule has 1 aromatic carbocycles. The Bertz CT molecular complexity index is 731. The molecule has 138 valence electrons. The van der Waals surface area contributed by atoms with Crippen molar-refractivity contribution in [3.8, 4) is 0 Å². The Kier molecular flexibility index (Phi) is 5.57. The normalized spacial score (nSPS) is 20.3. The Morgan fingerprint density at radius 1 is 1.12 bits per heavy atom. The summed E-state index contributed by atoms with van der Waals surface area (Å²) in [4.78, 5) is 19.1. The molecule has 0 aliphatic carbocycles. The van der Waals surface area contributed by atoms with E-state index in [1.165, 1.54) is 5.56 Å². The Labute approximate surface area is 155 Å². The molecule has 1 saturated heterocycles. The molecule has 2 heterocycles. The molecule has 3 rings (SSSR count). The smallest absolute Gasteiger partial charge is 0.255 e. The lowest BCUT2D eigenvalue weighted by atomic mass is 10.0. The molecule has 26 heavy (non-hydrogen) atoms. The van der Waals surface area contributed by atoms with Gasteiger partial charge in [-0.2, -0.15) is 0 Å². The summed E-state index contributed by atoms with van der Waals surface area (Å²) in [5, 5.41) is 2.91. The van der Waals surface area contributed by atoms with Gasteiger partial charge in [-0.3, -0.25) is 4.79 Å². The number of amides is 1. The summed E-state index contributed by atoms with van der Waals surface area (Å²) in [6.07, 6.45) is 2.09. The summed E-state index contributed by atoms with van der Waals surface area (Å²) in [7, 11) is 0. The van der Waals surface area contributed by atoms with Crippen molar-refractivity contribution in [2.24, 2.45) is 0 Å². The van der Waals surface area contributed by atoms with Gasteiger partial charge in [-0.15, -0.1) is 0 Å². The first kappa shape index (κ1) is 18.4. The summed E-state index contributed by atoms with van der Waals surface area (Å²) in [5.41, 5.74) is 2.57. The molecule has 2 unspecified atom stereocenters. The van der Waals surface area contributed by atoms with E-state index in [-0.39, 0.29) is 18.1 Å². The largest absolute Gasteiger partial charge is 0.372 e. The second-order valence-corrected chi connectivity index (χ2v) is 7.30. The van der Waals surface area contributed by atoms with Crippen LogP contribution in [0.5, 0.6) is 0 Å². The van der Waals surface area contributed by atoms with E-state index in [4.69, 9.17) is 4.74 Å². The van der Waals surface area contributed by atoms with E-state index in [0.717, 1.165) is 18.9 Å². The molecule has 1 aromatic heterocycles. The maximum Gasteiger partial charge on any atom is 0.255 e. The molecule has 0 bridgehead atoms. The highest BCUT2D eigenvalue weighted by molar-refractivity contribution is 6.04. The van der Waals surface area contributed by atoms with E-state index in [1.807, 2.05) is 36.4 Å². The number of anilines is 2. The zero-order chi connectivity index (χ0) is 18.7. The number of rotatable bonds is 4. The molecule has 2 atom stereocenters. The minimum Gasteiger partial charge on any atom is -0.372 e. The van der Waals surface area contributed by atoms with Crippen LogP contribution in [0.1, 0.15) is 49.5 Å². The molecule has 1 N–H and O–H groups in total. The highest BCUT2D eigenvalue weighted by atomic mass is 16.5. The van der Waals surface area contributed by atoms with Gasteiger partial charge in [-0.1, -0.05) is 26.0 Å². The topological polar surface area (TPSA) is 54.5 Å². The van der Waals surface area contributed by atoms with Crippen LogP contribution in [0, 0.1) is 0 Å². The van der Waals surface area contributed by atoms with E-state index in [0.29, 0.717) is 17.2 Å². The zero-order valence-corrected chi connectivity index (χ0v) is 15.9. The number of benzene rings is 1. The van der Waals surface area contributed by atoms with E-state index >= 15 is 0 Å². The van der Waals surface area contributed by atoms with Crippen molar-refractivity contribution in [3.63, 3.8) is 0 Å². The summed E-state index contributed by atoms with van der Waals surface area (Å²) in [5.74, 6) is 1.24. The molecule has 1 fully saturated rings. The van der Waals surface area contributed by atoms with Crippen LogP contribution in [-0.4, -0.2) is 36.2 Å². The van der Waals surface area contributed by atoms with E-state index in [9.17, 15) is 4.79 Å². The fourth-order valence-electron chi connectivity index (χ4n) is 3.23. The molecule has 5 nitrogen and oxygen atoms in total.